The zero-order chi connectivity index (χ0) is 19.6. The summed E-state index contributed by atoms with van der Waals surface area (Å²) in [6.45, 7) is 0.502. The molecule has 1 heterocycles. The zero-order valence-electron chi connectivity index (χ0n) is 14.9. The maximum atomic E-state index is 13.6. The van der Waals surface area contributed by atoms with E-state index in [0.29, 0.717) is 6.54 Å². The molecule has 0 radical (unpaired) electrons. The van der Waals surface area contributed by atoms with Crippen LogP contribution >= 0.6 is 0 Å². The van der Waals surface area contributed by atoms with E-state index in [1.807, 2.05) is 30.3 Å². The van der Waals surface area contributed by atoms with Crippen LogP contribution in [0.15, 0.2) is 35.3 Å². The highest BCUT2D eigenvalue weighted by atomic mass is 19.3. The highest BCUT2D eigenvalue weighted by Crippen LogP contribution is 2.56. The fourth-order valence-electron chi connectivity index (χ4n) is 3.55. The summed E-state index contributed by atoms with van der Waals surface area (Å²) in [4.78, 5) is 17.0. The van der Waals surface area contributed by atoms with Crippen LogP contribution in [-0.2, 0) is 11.3 Å². The molecule has 146 valence electrons. The molecule has 27 heavy (non-hydrogen) atoms. The first-order valence-corrected chi connectivity index (χ1v) is 8.79. The third kappa shape index (κ3) is 4.14. The van der Waals surface area contributed by atoms with Gasteiger partial charge in [0, 0.05) is 12.5 Å². The Hall–Kier alpha value is -2.39. The van der Waals surface area contributed by atoms with Gasteiger partial charge in [-0.2, -0.15) is 0 Å². The van der Waals surface area contributed by atoms with Gasteiger partial charge < -0.3 is 15.7 Å². The van der Waals surface area contributed by atoms with Gasteiger partial charge in [-0.1, -0.05) is 30.3 Å². The number of aliphatic imine (C=N–C) groups is 1. The molecule has 0 spiro atoms. The topological polar surface area (TPSA) is 101 Å². The number of likely N-dealkylation sites (N-methyl/N-ethyl adjacent to an activating group) is 1. The summed E-state index contributed by atoms with van der Waals surface area (Å²) in [5, 5.41) is 23.4. The molecule has 1 aromatic rings. The van der Waals surface area contributed by atoms with Crippen molar-refractivity contribution in [1.82, 2.24) is 15.5 Å². The second-order valence-corrected chi connectivity index (χ2v) is 6.94. The van der Waals surface area contributed by atoms with Crippen LogP contribution in [0, 0.1) is 11.3 Å². The molecule has 9 heteroatoms. The standard InChI is InChI=1S/C18H23F2N5O2/c1-25-14-12(18(14,19)20)7-8-13(17(25)27)24-16(26)15(21)23-10-22-9-11-5-3-2-4-6-11/h2-6,10,12-14,17,27H,7-9H2,1H3,(H,24,26)(H2,21,22,23)/t12-,13-,14+,17?/m0/s1. The van der Waals surface area contributed by atoms with Crippen LogP contribution in [0.25, 0.3) is 0 Å². The number of amides is 1. The normalized spacial score (nSPS) is 29.6. The average Bonchev–Trinajstić information content (AvgIpc) is 3.24. The van der Waals surface area contributed by atoms with Crippen LogP contribution < -0.4 is 10.6 Å². The molecule has 4 N–H and O–H groups in total. The molecule has 1 unspecified atom stereocenters. The number of amidine groups is 1. The Kier molecular flexibility index (Phi) is 5.52. The number of carbonyl (C=O) groups excluding carboxylic acids is 1. The van der Waals surface area contributed by atoms with Crippen LogP contribution in [-0.4, -0.2) is 59.4 Å². The van der Waals surface area contributed by atoms with E-state index in [4.69, 9.17) is 5.41 Å². The van der Waals surface area contributed by atoms with Crippen molar-refractivity contribution in [1.29, 1.82) is 5.41 Å². The Labute approximate surface area is 156 Å². The Morgan fingerprint density at radius 3 is 2.81 bits per heavy atom. The number of aliphatic hydroxyl groups excluding tert-OH is 1. The first-order chi connectivity index (χ1) is 12.8. The molecular weight excluding hydrogens is 356 g/mol. The number of nitrogens with one attached hydrogen (secondary N) is 3. The third-order valence-corrected chi connectivity index (χ3v) is 5.13. The molecule has 0 aromatic heterocycles. The van der Waals surface area contributed by atoms with Crippen LogP contribution in [0.3, 0.4) is 0 Å². The second kappa shape index (κ2) is 7.69. The predicted molar refractivity (Wildman–Crippen MR) is 96.7 cm³/mol. The lowest BCUT2D eigenvalue weighted by Crippen LogP contribution is -2.52. The van der Waals surface area contributed by atoms with Crippen LogP contribution in [0.4, 0.5) is 8.78 Å². The van der Waals surface area contributed by atoms with E-state index in [9.17, 15) is 18.7 Å². The molecule has 4 atom stereocenters. The van der Waals surface area contributed by atoms with Crippen molar-refractivity contribution in [3.63, 3.8) is 0 Å². The number of nitrogens with zero attached hydrogens (tertiary/aromatic N) is 2. The van der Waals surface area contributed by atoms with E-state index >= 15 is 0 Å². The Morgan fingerprint density at radius 2 is 2.11 bits per heavy atom. The van der Waals surface area contributed by atoms with E-state index in [1.165, 1.54) is 18.3 Å². The Morgan fingerprint density at radius 1 is 1.41 bits per heavy atom. The van der Waals surface area contributed by atoms with E-state index in [-0.39, 0.29) is 12.8 Å². The van der Waals surface area contributed by atoms with Gasteiger partial charge in [0.2, 0.25) is 5.84 Å². The zero-order valence-corrected chi connectivity index (χ0v) is 14.9. The van der Waals surface area contributed by atoms with Gasteiger partial charge >= 0.3 is 0 Å². The molecule has 1 saturated carbocycles. The van der Waals surface area contributed by atoms with Gasteiger partial charge in [0.1, 0.15) is 6.23 Å². The van der Waals surface area contributed by atoms with Gasteiger partial charge in [0.15, 0.2) is 0 Å². The van der Waals surface area contributed by atoms with Gasteiger partial charge in [-0.15, -0.1) is 0 Å². The summed E-state index contributed by atoms with van der Waals surface area (Å²) in [5.41, 5.74) is 1.03. The first-order valence-electron chi connectivity index (χ1n) is 8.79. The highest BCUT2D eigenvalue weighted by molar-refractivity contribution is 6.38. The number of hydrogen-bond donors (Lipinski definition) is 4. The molecule has 1 saturated heterocycles. The Bertz CT molecular complexity index is 728. The van der Waals surface area contributed by atoms with E-state index < -0.39 is 41.9 Å². The number of aliphatic hydroxyl groups is 1. The van der Waals surface area contributed by atoms with Gasteiger partial charge in [0.05, 0.1) is 18.4 Å². The molecule has 1 aliphatic carbocycles. The smallest absolute Gasteiger partial charge is 0.288 e. The van der Waals surface area contributed by atoms with Gasteiger partial charge in [-0.05, 0) is 25.5 Å². The number of carbonyl (C=O) groups is 1. The summed E-state index contributed by atoms with van der Waals surface area (Å²) in [7, 11) is 1.42. The quantitative estimate of drug-likeness (QED) is 0.462. The maximum Gasteiger partial charge on any atom is 0.288 e. The number of benzene rings is 1. The predicted octanol–water partition coefficient (Wildman–Crippen LogP) is 0.944. The van der Waals surface area contributed by atoms with Crippen molar-refractivity contribution in [2.24, 2.45) is 10.9 Å². The minimum absolute atomic E-state index is 0.208. The number of halogens is 2. The lowest BCUT2D eigenvalue weighted by atomic mass is 10.1. The number of likely N-dealkylation sites (tertiary alicyclic amines) is 1. The van der Waals surface area contributed by atoms with Crippen LogP contribution in [0.1, 0.15) is 18.4 Å². The molecule has 3 rings (SSSR count). The summed E-state index contributed by atoms with van der Waals surface area (Å²) in [6.07, 6.45) is 0.460. The van der Waals surface area contributed by atoms with Crippen molar-refractivity contribution in [2.45, 2.75) is 43.6 Å². The maximum absolute atomic E-state index is 13.6. The van der Waals surface area contributed by atoms with Gasteiger partial charge in [-0.3, -0.25) is 15.1 Å². The largest absolute Gasteiger partial charge is 0.376 e. The van der Waals surface area contributed by atoms with Crippen molar-refractivity contribution < 1.29 is 18.7 Å². The fourth-order valence-corrected chi connectivity index (χ4v) is 3.55. The fraction of sp³-hybridized carbons (Fsp3) is 0.500. The Balaban J connectivity index is 1.48. The molecular formula is C18H23F2N5O2. The third-order valence-electron chi connectivity index (χ3n) is 5.13. The molecule has 1 aromatic carbocycles. The SMILES string of the molecule is CN1C(O)[C@@H](NC(=O)C(=N)/N=C\NCc2ccccc2)CC[C@H]2[C@@H]1C2(F)F. The highest BCUT2D eigenvalue weighted by Gasteiger charge is 2.71. The van der Waals surface area contributed by atoms with E-state index in [1.54, 1.807) is 0 Å². The summed E-state index contributed by atoms with van der Waals surface area (Å²) >= 11 is 0. The number of hydrogen-bond acceptors (Lipinski definition) is 4. The molecule has 1 aliphatic heterocycles. The van der Waals surface area contributed by atoms with Crippen LogP contribution in [0.5, 0.6) is 0 Å². The minimum Gasteiger partial charge on any atom is -0.376 e. The number of fused-ring (bicyclic) bond motifs is 1. The summed E-state index contributed by atoms with van der Waals surface area (Å²) in [6, 6.07) is 7.85. The van der Waals surface area contributed by atoms with Crippen LogP contribution in [0.2, 0.25) is 0 Å². The molecule has 2 aliphatic rings. The minimum atomic E-state index is -2.79. The van der Waals surface area contributed by atoms with Gasteiger partial charge in [0.25, 0.3) is 11.8 Å². The summed E-state index contributed by atoms with van der Waals surface area (Å²) in [5.74, 6) is -4.86. The molecule has 1 amide bonds. The van der Waals surface area contributed by atoms with Crippen molar-refractivity contribution in [2.75, 3.05) is 7.05 Å². The molecule has 2 fully saturated rings. The van der Waals surface area contributed by atoms with Gasteiger partial charge in [-0.25, -0.2) is 13.8 Å². The number of alkyl halides is 2. The second-order valence-electron chi connectivity index (χ2n) is 6.94. The monoisotopic (exact) mass is 379 g/mol. The van der Waals surface area contributed by atoms with Crippen molar-refractivity contribution in [3.8, 4) is 0 Å². The molecule has 0 bridgehead atoms. The average molecular weight is 379 g/mol. The van der Waals surface area contributed by atoms with Crippen molar-refractivity contribution >= 4 is 18.1 Å². The lowest BCUT2D eigenvalue weighted by molar-refractivity contribution is -0.118. The van der Waals surface area contributed by atoms with E-state index in [0.717, 1.165) is 5.56 Å². The number of rotatable bonds is 4. The van der Waals surface area contributed by atoms with E-state index in [2.05, 4.69) is 15.6 Å². The van der Waals surface area contributed by atoms with Crippen molar-refractivity contribution in [3.05, 3.63) is 35.9 Å². The summed E-state index contributed by atoms with van der Waals surface area (Å²) < 4.78 is 27.2. The first kappa shape index (κ1) is 19.4. The molecule has 7 nitrogen and oxygen atoms in total. The lowest BCUT2D eigenvalue weighted by Gasteiger charge is -2.29.